The van der Waals surface area contributed by atoms with Crippen LogP contribution >= 0.6 is 0 Å². The van der Waals surface area contributed by atoms with Gasteiger partial charge in [-0.3, -0.25) is 0 Å². The zero-order valence-electron chi connectivity index (χ0n) is 10.9. The molecule has 2 rings (SSSR count). The monoisotopic (exact) mass is 306 g/mol. The first-order chi connectivity index (χ1) is 9.33. The molecule has 0 aromatic heterocycles. The molecule has 0 radical (unpaired) electrons. The van der Waals surface area contributed by atoms with Crippen molar-refractivity contribution >= 4 is 10.0 Å². The fourth-order valence-corrected chi connectivity index (χ4v) is 3.62. The van der Waals surface area contributed by atoms with Gasteiger partial charge in [0.05, 0.1) is 6.61 Å². The highest BCUT2D eigenvalue weighted by Gasteiger charge is 2.28. The number of rotatable bonds is 4. The standard InChI is InChI=1S/C12H16F2N2O3S/c1-16-3-2-9(6-16)15-20(18,19)11-5-8(7-17)4-10(13)12(11)14/h4-5,9,15,17H,2-3,6-7H2,1H3. The van der Waals surface area contributed by atoms with E-state index < -0.39 is 33.2 Å². The molecule has 1 aliphatic heterocycles. The lowest BCUT2D eigenvalue weighted by Crippen LogP contribution is -2.37. The van der Waals surface area contributed by atoms with E-state index >= 15 is 0 Å². The van der Waals surface area contributed by atoms with Crippen LogP contribution in [-0.4, -0.2) is 44.6 Å². The molecule has 0 amide bonds. The van der Waals surface area contributed by atoms with Gasteiger partial charge in [0.2, 0.25) is 10.0 Å². The molecule has 20 heavy (non-hydrogen) atoms. The minimum atomic E-state index is -4.16. The predicted octanol–water partition coefficient (Wildman–Crippen LogP) is 0.440. The Morgan fingerprint density at radius 3 is 2.70 bits per heavy atom. The van der Waals surface area contributed by atoms with Crippen molar-refractivity contribution in [2.75, 3.05) is 20.1 Å². The Balaban J connectivity index is 2.31. The van der Waals surface area contributed by atoms with Gasteiger partial charge in [0.15, 0.2) is 11.6 Å². The van der Waals surface area contributed by atoms with Crippen LogP contribution in [0.3, 0.4) is 0 Å². The number of hydrogen-bond donors (Lipinski definition) is 2. The zero-order chi connectivity index (χ0) is 14.9. The minimum Gasteiger partial charge on any atom is -0.392 e. The molecule has 1 saturated heterocycles. The summed E-state index contributed by atoms with van der Waals surface area (Å²) in [5.41, 5.74) is 0.00724. The fourth-order valence-electron chi connectivity index (χ4n) is 2.22. The Morgan fingerprint density at radius 2 is 2.15 bits per heavy atom. The molecule has 0 bridgehead atoms. The summed E-state index contributed by atoms with van der Waals surface area (Å²) >= 11 is 0. The van der Waals surface area contributed by atoms with Gasteiger partial charge in [-0.2, -0.15) is 0 Å². The van der Waals surface area contributed by atoms with Crippen molar-refractivity contribution in [3.8, 4) is 0 Å². The van der Waals surface area contributed by atoms with Crippen LogP contribution in [0.1, 0.15) is 12.0 Å². The molecule has 1 heterocycles. The Hall–Kier alpha value is -1.09. The molecule has 0 spiro atoms. The van der Waals surface area contributed by atoms with Crippen LogP contribution in [0, 0.1) is 11.6 Å². The van der Waals surface area contributed by atoms with E-state index in [1.807, 2.05) is 11.9 Å². The Kier molecular flexibility index (Phi) is 4.38. The molecule has 1 atom stereocenters. The van der Waals surface area contributed by atoms with Crippen LogP contribution in [0.25, 0.3) is 0 Å². The summed E-state index contributed by atoms with van der Waals surface area (Å²) in [6.45, 7) is 0.690. The van der Waals surface area contributed by atoms with E-state index in [9.17, 15) is 17.2 Å². The molecule has 1 fully saturated rings. The van der Waals surface area contributed by atoms with Gasteiger partial charge >= 0.3 is 0 Å². The van der Waals surface area contributed by atoms with E-state index in [4.69, 9.17) is 5.11 Å². The quantitative estimate of drug-likeness (QED) is 0.847. The molecular formula is C12H16F2N2O3S. The maximum absolute atomic E-state index is 13.7. The van der Waals surface area contributed by atoms with Gasteiger partial charge in [-0.15, -0.1) is 0 Å². The van der Waals surface area contributed by atoms with E-state index in [0.717, 1.165) is 18.7 Å². The number of aliphatic hydroxyl groups excluding tert-OH is 1. The number of benzene rings is 1. The Bertz CT molecular complexity index is 607. The maximum Gasteiger partial charge on any atom is 0.243 e. The van der Waals surface area contributed by atoms with Gasteiger partial charge in [-0.05, 0) is 37.7 Å². The average molecular weight is 306 g/mol. The summed E-state index contributed by atoms with van der Waals surface area (Å²) in [7, 11) is -2.31. The van der Waals surface area contributed by atoms with E-state index in [1.54, 1.807) is 0 Å². The highest BCUT2D eigenvalue weighted by Crippen LogP contribution is 2.21. The third-order valence-electron chi connectivity index (χ3n) is 3.24. The van der Waals surface area contributed by atoms with E-state index in [1.165, 1.54) is 0 Å². The number of hydrogen-bond acceptors (Lipinski definition) is 4. The van der Waals surface area contributed by atoms with E-state index in [2.05, 4.69) is 4.72 Å². The van der Waals surface area contributed by atoms with Crippen LogP contribution in [0.5, 0.6) is 0 Å². The molecule has 0 aliphatic carbocycles. The first-order valence-electron chi connectivity index (χ1n) is 6.13. The van der Waals surface area contributed by atoms with Gasteiger partial charge in [-0.25, -0.2) is 21.9 Å². The van der Waals surface area contributed by atoms with Crippen LogP contribution < -0.4 is 4.72 Å². The summed E-state index contributed by atoms with van der Waals surface area (Å²) in [4.78, 5) is 1.17. The number of likely N-dealkylation sites (N-methyl/N-ethyl adjacent to an activating group) is 1. The largest absolute Gasteiger partial charge is 0.392 e. The number of halogens is 2. The first-order valence-corrected chi connectivity index (χ1v) is 7.61. The molecule has 5 nitrogen and oxygen atoms in total. The van der Waals surface area contributed by atoms with Crippen molar-refractivity contribution in [3.05, 3.63) is 29.3 Å². The highest BCUT2D eigenvalue weighted by atomic mass is 32.2. The van der Waals surface area contributed by atoms with Crippen molar-refractivity contribution in [1.82, 2.24) is 9.62 Å². The predicted molar refractivity (Wildman–Crippen MR) is 68.5 cm³/mol. The molecular weight excluding hydrogens is 290 g/mol. The summed E-state index contributed by atoms with van der Waals surface area (Å²) < 4.78 is 53.6. The molecule has 1 aliphatic rings. The number of likely N-dealkylation sites (tertiary alicyclic amines) is 1. The van der Waals surface area contributed by atoms with Crippen LogP contribution in [0.4, 0.5) is 8.78 Å². The normalized spacial score (nSPS) is 20.5. The van der Waals surface area contributed by atoms with Gasteiger partial charge < -0.3 is 10.0 Å². The number of aliphatic hydroxyl groups is 1. The summed E-state index contributed by atoms with van der Waals surface area (Å²) in [5, 5.41) is 8.95. The van der Waals surface area contributed by atoms with Gasteiger partial charge in [0.1, 0.15) is 4.90 Å². The summed E-state index contributed by atoms with van der Waals surface area (Å²) in [5.74, 6) is -2.72. The molecule has 1 aromatic rings. The molecule has 8 heteroatoms. The maximum atomic E-state index is 13.7. The third-order valence-corrected chi connectivity index (χ3v) is 4.76. The topological polar surface area (TPSA) is 69.6 Å². The molecule has 2 N–H and O–H groups in total. The zero-order valence-corrected chi connectivity index (χ0v) is 11.8. The number of sulfonamides is 1. The molecule has 112 valence electrons. The van der Waals surface area contributed by atoms with Crippen molar-refractivity contribution in [1.29, 1.82) is 0 Å². The number of nitrogens with one attached hydrogen (secondary N) is 1. The lowest BCUT2D eigenvalue weighted by molar-refractivity contribution is 0.280. The first kappa shape index (κ1) is 15.3. The summed E-state index contributed by atoms with van der Waals surface area (Å²) in [6, 6.07) is 1.39. The minimum absolute atomic E-state index is 0.00724. The van der Waals surface area contributed by atoms with E-state index in [-0.39, 0.29) is 11.6 Å². The van der Waals surface area contributed by atoms with Crippen LogP contribution in [0.2, 0.25) is 0 Å². The van der Waals surface area contributed by atoms with Crippen LogP contribution in [-0.2, 0) is 16.6 Å². The van der Waals surface area contributed by atoms with Gasteiger partial charge in [0.25, 0.3) is 0 Å². The van der Waals surface area contributed by atoms with Crippen molar-refractivity contribution in [3.63, 3.8) is 0 Å². The van der Waals surface area contributed by atoms with Gasteiger partial charge in [-0.1, -0.05) is 0 Å². The van der Waals surface area contributed by atoms with Crippen LogP contribution in [0.15, 0.2) is 17.0 Å². The Morgan fingerprint density at radius 1 is 1.45 bits per heavy atom. The lowest BCUT2D eigenvalue weighted by atomic mass is 10.2. The molecule has 1 unspecified atom stereocenters. The second-order valence-electron chi connectivity index (χ2n) is 4.92. The third kappa shape index (κ3) is 3.14. The smallest absolute Gasteiger partial charge is 0.243 e. The Labute approximate surface area is 116 Å². The van der Waals surface area contributed by atoms with Crippen molar-refractivity contribution in [2.24, 2.45) is 0 Å². The van der Waals surface area contributed by atoms with Gasteiger partial charge in [0, 0.05) is 12.6 Å². The molecule has 1 aromatic carbocycles. The van der Waals surface area contributed by atoms with Crippen molar-refractivity contribution in [2.45, 2.75) is 24.0 Å². The second kappa shape index (κ2) is 5.72. The SMILES string of the molecule is CN1CCC(NS(=O)(=O)c2cc(CO)cc(F)c2F)C1. The second-order valence-corrected chi connectivity index (χ2v) is 6.60. The number of nitrogens with zero attached hydrogens (tertiary/aromatic N) is 1. The molecule has 0 saturated carbocycles. The lowest BCUT2D eigenvalue weighted by Gasteiger charge is -2.14. The summed E-state index contributed by atoms with van der Waals surface area (Å²) in [6.07, 6.45) is 0.611. The fraction of sp³-hybridized carbons (Fsp3) is 0.500. The van der Waals surface area contributed by atoms with E-state index in [0.29, 0.717) is 13.0 Å². The van der Waals surface area contributed by atoms with Crippen molar-refractivity contribution < 1.29 is 22.3 Å². The average Bonchev–Trinajstić information content (AvgIpc) is 2.76. The highest BCUT2D eigenvalue weighted by molar-refractivity contribution is 7.89.